The highest BCUT2D eigenvalue weighted by Crippen LogP contribution is 2.68. The second kappa shape index (κ2) is 10.4. The summed E-state index contributed by atoms with van der Waals surface area (Å²) in [5, 5.41) is 60.5. The summed E-state index contributed by atoms with van der Waals surface area (Å²) in [6.45, 7) is 0.228. The Labute approximate surface area is 285 Å². The number of rotatable bonds is 5. The Hall–Kier alpha value is -4.73. The third kappa shape index (κ3) is 3.71. The maximum Gasteiger partial charge on any atom is 0.343 e. The number of phenols is 1. The number of hydrogen-bond donors (Lipinski definition) is 7. The normalized spacial score (nSPS) is 35.0. The van der Waals surface area contributed by atoms with Gasteiger partial charge in [0.1, 0.15) is 42.4 Å². The van der Waals surface area contributed by atoms with Gasteiger partial charge in [0.2, 0.25) is 11.4 Å². The molecular weight excluding hydrogens is 652 g/mol. The highest BCUT2D eigenvalue weighted by molar-refractivity contribution is 5.86. The van der Waals surface area contributed by atoms with Crippen LogP contribution in [0.4, 0.5) is 5.69 Å². The zero-order valence-electron chi connectivity index (χ0n) is 27.3. The lowest BCUT2D eigenvalue weighted by atomic mass is 9.64. The first-order chi connectivity index (χ1) is 24.0. The minimum Gasteiger partial charge on any atom is -0.508 e. The number of nitrogens with one attached hydrogen (secondary N) is 2. The maximum absolute atomic E-state index is 12.5. The van der Waals surface area contributed by atoms with E-state index < -0.39 is 53.2 Å². The number of phenolic OH excluding ortho intramolecular Hbond substituents is 1. The van der Waals surface area contributed by atoms with Gasteiger partial charge in [-0.15, -0.1) is 0 Å². The number of ether oxygens (including phenoxy) is 6. The summed E-state index contributed by atoms with van der Waals surface area (Å²) in [4.78, 5) is 12.5. The van der Waals surface area contributed by atoms with Crippen LogP contribution >= 0.6 is 0 Å². The SMILES string of the molecule is CN[C@H]1CC[C@@]23COc4c5c(cc(-c6cccc(O)c6)c4[C@@H]2Oc2c(OC)c(OC)cc1c23)O[C@@]12O[C@](C(=O)O)(C=C[C@H]1N5)[C@@H](O)[C@H](O)[C@H]2O. The Morgan fingerprint density at radius 2 is 1.90 bits per heavy atom. The Morgan fingerprint density at radius 1 is 1.08 bits per heavy atom. The van der Waals surface area contributed by atoms with Crippen molar-refractivity contribution in [3.05, 3.63) is 65.2 Å². The molecule has 9 rings (SSSR count). The predicted octanol–water partition coefficient (Wildman–Crippen LogP) is 2.27. The average Bonchev–Trinajstić information content (AvgIpc) is 3.48. The number of aliphatic hydroxyl groups is 3. The molecule has 14 nitrogen and oxygen atoms in total. The highest BCUT2D eigenvalue weighted by Gasteiger charge is 2.70. The van der Waals surface area contributed by atoms with Crippen LogP contribution in [0.1, 0.15) is 41.7 Å². The fourth-order valence-electron chi connectivity index (χ4n) is 8.97. The predicted molar refractivity (Wildman–Crippen MR) is 174 cm³/mol. The van der Waals surface area contributed by atoms with Gasteiger partial charge in [0, 0.05) is 17.2 Å². The molecule has 0 aromatic heterocycles. The first kappa shape index (κ1) is 31.3. The van der Waals surface area contributed by atoms with E-state index in [0.717, 1.165) is 23.6 Å². The van der Waals surface area contributed by atoms with Gasteiger partial charge >= 0.3 is 5.97 Å². The minimum atomic E-state index is -2.38. The number of benzene rings is 3. The van der Waals surface area contributed by atoms with Crippen molar-refractivity contribution >= 4 is 11.7 Å². The molecule has 50 heavy (non-hydrogen) atoms. The molecule has 1 fully saturated rings. The molecule has 262 valence electrons. The number of aliphatic hydroxyl groups excluding tert-OH is 3. The van der Waals surface area contributed by atoms with Gasteiger partial charge in [-0.25, -0.2) is 4.79 Å². The standard InChI is InChI=1S/C36H36N2O12/c1-37-19-7-9-34-14-47-28-23(32(34)48-29-24(34)18(19)13-21(45-2)27(29)46-3)17(15-5-4-6-16(39)11-15)12-20-25(28)38-22-8-10-35(33(43)44)30(41)26(40)31(42)36(22,49-20)50-35/h4-6,8,10-13,19,22,26,30-32,37-42H,7,9,14H2,1-3H3,(H,43,44)/t19-,22+,26-,30-,31+,32-,34-,35+,36+/m0/s1. The molecule has 1 saturated heterocycles. The Balaban J connectivity index is 1.27. The molecule has 5 aliphatic heterocycles. The second-order valence-corrected chi connectivity index (χ2v) is 13.7. The van der Waals surface area contributed by atoms with Gasteiger partial charge in [0.15, 0.2) is 29.1 Å². The minimum absolute atomic E-state index is 0.0174. The van der Waals surface area contributed by atoms with Gasteiger partial charge < -0.3 is 64.6 Å². The molecule has 2 bridgehead atoms. The van der Waals surface area contributed by atoms with Crippen molar-refractivity contribution in [2.75, 3.05) is 33.2 Å². The van der Waals surface area contributed by atoms with Crippen LogP contribution in [-0.4, -0.2) is 95.1 Å². The maximum atomic E-state index is 12.5. The number of carboxylic acid groups (broad SMARTS) is 1. The van der Waals surface area contributed by atoms with Crippen molar-refractivity contribution in [3.8, 4) is 45.6 Å². The van der Waals surface area contributed by atoms with E-state index in [2.05, 4.69) is 10.6 Å². The van der Waals surface area contributed by atoms with Crippen LogP contribution in [0.5, 0.6) is 34.5 Å². The number of anilines is 1. The molecule has 1 aliphatic carbocycles. The lowest BCUT2D eigenvalue weighted by Gasteiger charge is -2.57. The fraction of sp³-hybridized carbons (Fsp3) is 0.417. The van der Waals surface area contributed by atoms with E-state index in [1.807, 2.05) is 19.2 Å². The Kier molecular flexibility index (Phi) is 6.50. The van der Waals surface area contributed by atoms with Gasteiger partial charge in [-0.3, -0.25) is 0 Å². The monoisotopic (exact) mass is 688 g/mol. The molecule has 3 aromatic rings. The van der Waals surface area contributed by atoms with Gasteiger partial charge in [-0.05, 0) is 66.9 Å². The third-order valence-electron chi connectivity index (χ3n) is 11.4. The molecular formula is C36H36N2O12. The van der Waals surface area contributed by atoms with E-state index in [1.165, 1.54) is 6.08 Å². The molecule has 5 heterocycles. The number of hydrogen-bond acceptors (Lipinski definition) is 13. The number of fused-ring (bicyclic) bond motifs is 5. The molecule has 14 heteroatoms. The average molecular weight is 689 g/mol. The number of aromatic hydroxyl groups is 1. The van der Waals surface area contributed by atoms with E-state index in [4.69, 9.17) is 28.4 Å². The molecule has 0 amide bonds. The number of carboxylic acids is 1. The zero-order chi connectivity index (χ0) is 34.9. The lowest BCUT2D eigenvalue weighted by molar-refractivity contribution is -0.356. The van der Waals surface area contributed by atoms with Crippen LogP contribution in [0.3, 0.4) is 0 Å². The topological polar surface area (TPSA) is 198 Å². The summed E-state index contributed by atoms with van der Waals surface area (Å²) in [7, 11) is 5.08. The number of aliphatic carboxylic acids is 1. The van der Waals surface area contributed by atoms with Crippen LogP contribution in [-0.2, 0) is 14.9 Å². The van der Waals surface area contributed by atoms with Crippen LogP contribution in [0.2, 0.25) is 0 Å². The van der Waals surface area contributed by atoms with Gasteiger partial charge in [0.25, 0.3) is 5.79 Å². The smallest absolute Gasteiger partial charge is 0.343 e. The summed E-state index contributed by atoms with van der Waals surface area (Å²) in [6.07, 6.45) is -2.25. The molecule has 0 saturated carbocycles. The molecule has 0 radical (unpaired) electrons. The van der Waals surface area contributed by atoms with Crippen molar-refractivity contribution in [1.82, 2.24) is 5.32 Å². The summed E-state index contributed by atoms with van der Waals surface area (Å²) in [6, 6.07) is 9.38. The molecule has 3 aromatic carbocycles. The van der Waals surface area contributed by atoms with Crippen molar-refractivity contribution in [3.63, 3.8) is 0 Å². The first-order valence-electron chi connectivity index (χ1n) is 16.4. The van der Waals surface area contributed by atoms with E-state index >= 15 is 0 Å². The fourth-order valence-corrected chi connectivity index (χ4v) is 8.97. The summed E-state index contributed by atoms with van der Waals surface area (Å²) < 4.78 is 37.9. The largest absolute Gasteiger partial charge is 0.508 e. The molecule has 9 atom stereocenters. The second-order valence-electron chi connectivity index (χ2n) is 13.7. The summed E-state index contributed by atoms with van der Waals surface area (Å²) in [5.41, 5.74) is 1.25. The first-order valence-corrected chi connectivity index (χ1v) is 16.4. The molecule has 7 N–H and O–H groups in total. The van der Waals surface area contributed by atoms with Gasteiger partial charge in [-0.1, -0.05) is 18.2 Å². The van der Waals surface area contributed by atoms with E-state index in [1.54, 1.807) is 38.5 Å². The third-order valence-corrected chi connectivity index (χ3v) is 11.4. The zero-order valence-corrected chi connectivity index (χ0v) is 27.3. The lowest BCUT2D eigenvalue weighted by Crippen LogP contribution is -2.79. The van der Waals surface area contributed by atoms with E-state index in [-0.39, 0.29) is 24.1 Å². The van der Waals surface area contributed by atoms with Gasteiger partial charge in [-0.2, -0.15) is 0 Å². The molecule has 2 spiro atoms. The van der Waals surface area contributed by atoms with Crippen molar-refractivity contribution in [2.24, 2.45) is 0 Å². The van der Waals surface area contributed by atoms with Crippen LogP contribution in [0.15, 0.2) is 48.6 Å². The van der Waals surface area contributed by atoms with E-state index in [0.29, 0.717) is 51.8 Å². The molecule has 0 unspecified atom stereocenters. The van der Waals surface area contributed by atoms with E-state index in [9.17, 15) is 30.3 Å². The van der Waals surface area contributed by atoms with Crippen molar-refractivity contribution in [2.45, 2.75) is 66.1 Å². The molecule has 6 aliphatic rings. The van der Waals surface area contributed by atoms with Crippen molar-refractivity contribution < 1.29 is 58.7 Å². The number of carbonyl (C=O) groups is 1. The highest BCUT2D eigenvalue weighted by atomic mass is 16.7. The van der Waals surface area contributed by atoms with Crippen LogP contribution in [0.25, 0.3) is 11.1 Å². The van der Waals surface area contributed by atoms with Crippen molar-refractivity contribution in [1.29, 1.82) is 0 Å². The Morgan fingerprint density at radius 3 is 2.62 bits per heavy atom. The summed E-state index contributed by atoms with van der Waals surface area (Å²) in [5.74, 6) is -1.59. The van der Waals surface area contributed by atoms with Gasteiger partial charge in [0.05, 0.1) is 19.6 Å². The van der Waals surface area contributed by atoms with Crippen LogP contribution < -0.4 is 34.3 Å². The van der Waals surface area contributed by atoms with Crippen LogP contribution in [0, 0.1) is 0 Å². The number of methoxy groups -OCH3 is 2. The summed E-state index contributed by atoms with van der Waals surface area (Å²) >= 11 is 0. The quantitative estimate of drug-likeness (QED) is 0.193. The Bertz CT molecular complexity index is 2000.